The van der Waals surface area contributed by atoms with Crippen LogP contribution in [0.3, 0.4) is 0 Å². The number of sulfonamides is 1. The smallest absolute Gasteiger partial charge is 0.215 e. The second-order valence-corrected chi connectivity index (χ2v) is 6.27. The lowest BCUT2D eigenvalue weighted by molar-refractivity contribution is 0.348. The minimum absolute atomic E-state index is 0.00197. The van der Waals surface area contributed by atoms with Gasteiger partial charge in [-0.1, -0.05) is 30.3 Å². The van der Waals surface area contributed by atoms with Gasteiger partial charge >= 0.3 is 0 Å². The van der Waals surface area contributed by atoms with Crippen LogP contribution in [0.4, 0.5) is 0 Å². The maximum Gasteiger partial charge on any atom is 0.215 e. The van der Waals surface area contributed by atoms with E-state index in [1.165, 1.54) is 4.31 Å². The first-order valence-electron chi connectivity index (χ1n) is 5.71. The van der Waals surface area contributed by atoms with Crippen molar-refractivity contribution >= 4 is 10.0 Å². The molecule has 0 spiro atoms. The minimum Gasteiger partial charge on any atom is -0.329 e. The maximum absolute atomic E-state index is 12.0. The Hall–Kier alpha value is -0.910. The molecule has 0 saturated heterocycles. The molecule has 0 aliphatic heterocycles. The Morgan fingerprint density at radius 1 is 1.24 bits per heavy atom. The van der Waals surface area contributed by atoms with E-state index in [-0.39, 0.29) is 18.3 Å². The fraction of sp³-hybridized carbons (Fsp3) is 0.500. The molecular weight excluding hydrogens is 236 g/mol. The summed E-state index contributed by atoms with van der Waals surface area (Å²) in [7, 11) is -3.26. The number of nitrogens with zero attached hydrogens (tertiary/aromatic N) is 1. The van der Waals surface area contributed by atoms with Crippen molar-refractivity contribution in [2.75, 3.05) is 12.3 Å². The molecule has 0 heterocycles. The SMILES string of the molecule is CC(C)N(Cc1ccccc1)S(=O)(=O)CCN. The first-order valence-corrected chi connectivity index (χ1v) is 7.32. The van der Waals surface area contributed by atoms with Crippen LogP contribution in [0.15, 0.2) is 30.3 Å². The van der Waals surface area contributed by atoms with E-state index in [2.05, 4.69) is 0 Å². The van der Waals surface area contributed by atoms with Crippen molar-refractivity contribution in [2.24, 2.45) is 5.73 Å². The molecular formula is C12H20N2O2S. The van der Waals surface area contributed by atoms with E-state index in [0.717, 1.165) is 5.56 Å². The molecule has 1 aromatic carbocycles. The number of benzene rings is 1. The van der Waals surface area contributed by atoms with Gasteiger partial charge < -0.3 is 5.73 Å². The van der Waals surface area contributed by atoms with Gasteiger partial charge in [0.05, 0.1) is 5.75 Å². The summed E-state index contributed by atoms with van der Waals surface area (Å²) in [6.45, 7) is 4.30. The third-order valence-corrected chi connectivity index (χ3v) is 4.51. The summed E-state index contributed by atoms with van der Waals surface area (Å²) >= 11 is 0. The van der Waals surface area contributed by atoms with Crippen LogP contribution in [0.1, 0.15) is 19.4 Å². The van der Waals surface area contributed by atoms with Crippen molar-refractivity contribution in [1.82, 2.24) is 4.31 Å². The fourth-order valence-electron chi connectivity index (χ4n) is 1.63. The molecule has 0 radical (unpaired) electrons. The van der Waals surface area contributed by atoms with Crippen LogP contribution in [-0.4, -0.2) is 31.1 Å². The second kappa shape index (κ2) is 6.14. The van der Waals surface area contributed by atoms with Gasteiger partial charge in [0.2, 0.25) is 10.0 Å². The standard InChI is InChI=1S/C12H20N2O2S/c1-11(2)14(17(15,16)9-8-13)10-12-6-4-3-5-7-12/h3-7,11H,8-10,13H2,1-2H3. The maximum atomic E-state index is 12.0. The molecule has 1 rings (SSSR count). The van der Waals surface area contributed by atoms with Gasteiger partial charge in [0.1, 0.15) is 0 Å². The summed E-state index contributed by atoms with van der Waals surface area (Å²) in [5.41, 5.74) is 6.33. The van der Waals surface area contributed by atoms with Crippen LogP contribution >= 0.6 is 0 Å². The lowest BCUT2D eigenvalue weighted by Gasteiger charge is -2.25. The van der Waals surface area contributed by atoms with Gasteiger partial charge in [-0.25, -0.2) is 8.42 Å². The van der Waals surface area contributed by atoms with Gasteiger partial charge in [-0.05, 0) is 19.4 Å². The van der Waals surface area contributed by atoms with Gasteiger partial charge in [0.15, 0.2) is 0 Å². The van der Waals surface area contributed by atoms with Crippen molar-refractivity contribution in [3.63, 3.8) is 0 Å². The number of rotatable bonds is 6. The topological polar surface area (TPSA) is 63.4 Å². The molecule has 0 bridgehead atoms. The summed E-state index contributed by atoms with van der Waals surface area (Å²) in [4.78, 5) is 0. The Balaban J connectivity index is 2.88. The third-order valence-electron chi connectivity index (χ3n) is 2.49. The van der Waals surface area contributed by atoms with E-state index < -0.39 is 10.0 Å². The van der Waals surface area contributed by atoms with Crippen molar-refractivity contribution < 1.29 is 8.42 Å². The Morgan fingerprint density at radius 3 is 2.29 bits per heavy atom. The Morgan fingerprint density at radius 2 is 1.82 bits per heavy atom. The highest BCUT2D eigenvalue weighted by molar-refractivity contribution is 7.89. The van der Waals surface area contributed by atoms with Crippen molar-refractivity contribution in [3.8, 4) is 0 Å². The predicted octanol–water partition coefficient (Wildman–Crippen LogP) is 1.19. The lowest BCUT2D eigenvalue weighted by atomic mass is 10.2. The summed E-state index contributed by atoms with van der Waals surface area (Å²) in [6.07, 6.45) is 0. The molecule has 0 aromatic heterocycles. The number of hydrogen-bond acceptors (Lipinski definition) is 3. The van der Waals surface area contributed by atoms with Crippen LogP contribution in [0.2, 0.25) is 0 Å². The normalized spacial score (nSPS) is 12.3. The number of nitrogens with two attached hydrogens (primary N) is 1. The van der Waals surface area contributed by atoms with Gasteiger partial charge in [0, 0.05) is 19.1 Å². The van der Waals surface area contributed by atoms with E-state index in [0.29, 0.717) is 6.54 Å². The summed E-state index contributed by atoms with van der Waals surface area (Å²) in [6, 6.07) is 9.51. The molecule has 1 aromatic rings. The monoisotopic (exact) mass is 256 g/mol. The molecule has 0 fully saturated rings. The van der Waals surface area contributed by atoms with Gasteiger partial charge in [0.25, 0.3) is 0 Å². The highest BCUT2D eigenvalue weighted by Gasteiger charge is 2.23. The van der Waals surface area contributed by atoms with Crippen LogP contribution in [0.25, 0.3) is 0 Å². The fourth-order valence-corrected chi connectivity index (χ4v) is 3.15. The molecule has 17 heavy (non-hydrogen) atoms. The molecule has 0 aliphatic carbocycles. The molecule has 5 heteroatoms. The van der Waals surface area contributed by atoms with Gasteiger partial charge in [-0.2, -0.15) is 4.31 Å². The van der Waals surface area contributed by atoms with Crippen LogP contribution < -0.4 is 5.73 Å². The molecule has 0 aliphatic rings. The lowest BCUT2D eigenvalue weighted by Crippen LogP contribution is -2.39. The summed E-state index contributed by atoms with van der Waals surface area (Å²) in [5.74, 6) is -0.00197. The predicted molar refractivity (Wildman–Crippen MR) is 70.0 cm³/mol. The average Bonchev–Trinajstić information content (AvgIpc) is 2.26. The van der Waals surface area contributed by atoms with Crippen LogP contribution in [0.5, 0.6) is 0 Å². The molecule has 2 N–H and O–H groups in total. The Bertz CT molecular complexity index is 429. The zero-order valence-corrected chi connectivity index (χ0v) is 11.2. The highest BCUT2D eigenvalue weighted by Crippen LogP contribution is 2.13. The second-order valence-electron chi connectivity index (χ2n) is 4.23. The van der Waals surface area contributed by atoms with E-state index in [4.69, 9.17) is 5.73 Å². The molecule has 4 nitrogen and oxygen atoms in total. The molecule has 0 unspecified atom stereocenters. The number of hydrogen-bond donors (Lipinski definition) is 1. The van der Waals surface area contributed by atoms with E-state index >= 15 is 0 Å². The van der Waals surface area contributed by atoms with E-state index in [9.17, 15) is 8.42 Å². The van der Waals surface area contributed by atoms with Gasteiger partial charge in [-0.15, -0.1) is 0 Å². The van der Waals surface area contributed by atoms with E-state index in [1.54, 1.807) is 0 Å². The summed E-state index contributed by atoms with van der Waals surface area (Å²) in [5, 5.41) is 0. The van der Waals surface area contributed by atoms with Crippen LogP contribution in [0, 0.1) is 0 Å². The molecule has 0 saturated carbocycles. The largest absolute Gasteiger partial charge is 0.329 e. The zero-order valence-electron chi connectivity index (χ0n) is 10.3. The molecule has 0 amide bonds. The van der Waals surface area contributed by atoms with Crippen molar-refractivity contribution in [1.29, 1.82) is 0 Å². The highest BCUT2D eigenvalue weighted by atomic mass is 32.2. The quantitative estimate of drug-likeness (QED) is 0.831. The minimum atomic E-state index is -3.26. The Labute approximate surface area is 103 Å². The van der Waals surface area contributed by atoms with E-state index in [1.807, 2.05) is 44.2 Å². The molecule has 0 atom stereocenters. The first kappa shape index (κ1) is 14.2. The van der Waals surface area contributed by atoms with Crippen molar-refractivity contribution in [3.05, 3.63) is 35.9 Å². The Kier molecular flexibility index (Phi) is 5.11. The zero-order chi connectivity index (χ0) is 12.9. The van der Waals surface area contributed by atoms with Crippen molar-refractivity contribution in [2.45, 2.75) is 26.4 Å². The van der Waals surface area contributed by atoms with Crippen LogP contribution in [-0.2, 0) is 16.6 Å². The third kappa shape index (κ3) is 4.11. The molecule has 96 valence electrons. The summed E-state index contributed by atoms with van der Waals surface area (Å²) < 4.78 is 25.5. The average molecular weight is 256 g/mol. The first-order chi connectivity index (χ1) is 7.97. The van der Waals surface area contributed by atoms with Gasteiger partial charge in [-0.3, -0.25) is 0 Å².